The molecule has 90 valence electrons. The molecule has 4 heteroatoms. The van der Waals surface area contributed by atoms with Crippen molar-refractivity contribution in [3.05, 3.63) is 34.5 Å². The number of methoxy groups -OCH3 is 1. The van der Waals surface area contributed by atoms with Gasteiger partial charge in [0.1, 0.15) is 17.2 Å². The van der Waals surface area contributed by atoms with E-state index in [1.54, 1.807) is 7.11 Å². The van der Waals surface area contributed by atoms with Gasteiger partial charge in [0, 0.05) is 22.5 Å². The first-order valence-corrected chi connectivity index (χ1v) is 6.33. The quantitative estimate of drug-likeness (QED) is 0.853. The van der Waals surface area contributed by atoms with Crippen molar-refractivity contribution in [3.8, 4) is 17.0 Å². The molecule has 0 aliphatic heterocycles. The molecule has 2 aromatic rings. The molecule has 3 nitrogen and oxygen atoms in total. The molecule has 0 radical (unpaired) electrons. The SMILES string of the molecule is CCCc1cc(-c2cc(Br)ccc2OC)no1. The van der Waals surface area contributed by atoms with Crippen LogP contribution < -0.4 is 4.74 Å². The molecule has 0 saturated carbocycles. The number of hydrogen-bond acceptors (Lipinski definition) is 3. The van der Waals surface area contributed by atoms with Crippen LogP contribution in [0.4, 0.5) is 0 Å². The lowest BCUT2D eigenvalue weighted by Gasteiger charge is -2.05. The highest BCUT2D eigenvalue weighted by Gasteiger charge is 2.11. The number of ether oxygens (including phenoxy) is 1. The first-order valence-electron chi connectivity index (χ1n) is 5.54. The molecule has 0 aliphatic rings. The number of benzene rings is 1. The van der Waals surface area contributed by atoms with E-state index >= 15 is 0 Å². The minimum absolute atomic E-state index is 0.796. The average Bonchev–Trinajstić information content (AvgIpc) is 2.78. The van der Waals surface area contributed by atoms with Crippen LogP contribution in [-0.2, 0) is 6.42 Å². The van der Waals surface area contributed by atoms with Crippen LogP contribution in [0.25, 0.3) is 11.3 Å². The van der Waals surface area contributed by atoms with Gasteiger partial charge in [0.05, 0.1) is 7.11 Å². The maximum absolute atomic E-state index is 5.32. The van der Waals surface area contributed by atoms with Crippen molar-refractivity contribution >= 4 is 15.9 Å². The van der Waals surface area contributed by atoms with E-state index in [-0.39, 0.29) is 0 Å². The fourth-order valence-electron chi connectivity index (χ4n) is 1.68. The number of rotatable bonds is 4. The predicted octanol–water partition coefficient (Wildman–Crippen LogP) is 4.07. The number of aromatic nitrogens is 1. The molecule has 0 aliphatic carbocycles. The standard InChI is InChI=1S/C13H14BrNO2/c1-3-4-10-8-12(15-17-10)11-7-9(14)5-6-13(11)16-2/h5-8H,3-4H2,1-2H3. The maximum Gasteiger partial charge on any atom is 0.137 e. The van der Waals surface area contributed by atoms with E-state index < -0.39 is 0 Å². The van der Waals surface area contributed by atoms with E-state index in [0.717, 1.165) is 40.1 Å². The molecule has 0 saturated heterocycles. The van der Waals surface area contributed by atoms with Gasteiger partial charge in [-0.05, 0) is 24.6 Å². The third-order valence-corrected chi connectivity index (χ3v) is 2.99. The molecule has 0 atom stereocenters. The summed E-state index contributed by atoms with van der Waals surface area (Å²) in [6, 6.07) is 7.79. The zero-order chi connectivity index (χ0) is 12.3. The zero-order valence-corrected chi connectivity index (χ0v) is 11.5. The monoisotopic (exact) mass is 295 g/mol. The Bertz CT molecular complexity index is 508. The summed E-state index contributed by atoms with van der Waals surface area (Å²) in [5.41, 5.74) is 1.75. The van der Waals surface area contributed by atoms with Gasteiger partial charge in [0.15, 0.2) is 0 Å². The van der Waals surface area contributed by atoms with E-state index in [2.05, 4.69) is 28.0 Å². The van der Waals surface area contributed by atoms with Crippen LogP contribution in [-0.4, -0.2) is 12.3 Å². The summed E-state index contributed by atoms with van der Waals surface area (Å²) < 4.78 is 11.6. The van der Waals surface area contributed by atoms with Gasteiger partial charge in [-0.3, -0.25) is 0 Å². The molecule has 0 amide bonds. The summed E-state index contributed by atoms with van der Waals surface area (Å²) in [6.45, 7) is 2.11. The van der Waals surface area contributed by atoms with Gasteiger partial charge in [0.25, 0.3) is 0 Å². The molecule has 0 unspecified atom stereocenters. The first-order chi connectivity index (χ1) is 8.24. The van der Waals surface area contributed by atoms with Crippen molar-refractivity contribution in [1.29, 1.82) is 0 Å². The van der Waals surface area contributed by atoms with Crippen molar-refractivity contribution in [2.45, 2.75) is 19.8 Å². The summed E-state index contributed by atoms with van der Waals surface area (Å²) >= 11 is 3.45. The van der Waals surface area contributed by atoms with Gasteiger partial charge < -0.3 is 9.26 Å². The highest BCUT2D eigenvalue weighted by atomic mass is 79.9. The molecule has 0 N–H and O–H groups in total. The second-order valence-corrected chi connectivity index (χ2v) is 4.69. The molecule has 0 fully saturated rings. The lowest BCUT2D eigenvalue weighted by molar-refractivity contribution is 0.383. The Hall–Kier alpha value is -1.29. The normalized spacial score (nSPS) is 10.5. The number of hydrogen-bond donors (Lipinski definition) is 0. The molecule has 1 aromatic carbocycles. The van der Waals surface area contributed by atoms with Gasteiger partial charge in [-0.1, -0.05) is 28.0 Å². The summed E-state index contributed by atoms with van der Waals surface area (Å²) in [4.78, 5) is 0. The van der Waals surface area contributed by atoms with Crippen molar-refractivity contribution < 1.29 is 9.26 Å². The lowest BCUT2D eigenvalue weighted by Crippen LogP contribution is -1.87. The molecule has 1 aromatic heterocycles. The summed E-state index contributed by atoms with van der Waals surface area (Å²) in [5.74, 6) is 1.70. The van der Waals surface area contributed by atoms with Crippen LogP contribution in [0.5, 0.6) is 5.75 Å². The maximum atomic E-state index is 5.32. The highest BCUT2D eigenvalue weighted by Crippen LogP contribution is 2.32. The third kappa shape index (κ3) is 2.69. The van der Waals surface area contributed by atoms with E-state index in [9.17, 15) is 0 Å². The summed E-state index contributed by atoms with van der Waals surface area (Å²) in [6.07, 6.45) is 1.95. The minimum atomic E-state index is 0.796. The second kappa shape index (κ2) is 5.36. The molecule has 0 bridgehead atoms. The topological polar surface area (TPSA) is 35.3 Å². The first kappa shape index (κ1) is 12.2. The van der Waals surface area contributed by atoms with Crippen LogP contribution in [0.2, 0.25) is 0 Å². The fraction of sp³-hybridized carbons (Fsp3) is 0.308. The molecule has 17 heavy (non-hydrogen) atoms. The Morgan fingerprint density at radius 2 is 2.18 bits per heavy atom. The van der Waals surface area contributed by atoms with Crippen LogP contribution >= 0.6 is 15.9 Å². The summed E-state index contributed by atoms with van der Waals surface area (Å²) in [5, 5.41) is 4.08. The highest BCUT2D eigenvalue weighted by molar-refractivity contribution is 9.10. The average molecular weight is 296 g/mol. The van der Waals surface area contributed by atoms with Gasteiger partial charge in [-0.15, -0.1) is 0 Å². The minimum Gasteiger partial charge on any atom is -0.496 e. The van der Waals surface area contributed by atoms with Crippen LogP contribution in [0.1, 0.15) is 19.1 Å². The third-order valence-electron chi connectivity index (χ3n) is 2.49. The van der Waals surface area contributed by atoms with Crippen molar-refractivity contribution in [2.24, 2.45) is 0 Å². The lowest BCUT2D eigenvalue weighted by atomic mass is 10.1. The van der Waals surface area contributed by atoms with Crippen molar-refractivity contribution in [3.63, 3.8) is 0 Å². The second-order valence-electron chi connectivity index (χ2n) is 3.77. The van der Waals surface area contributed by atoms with E-state index in [4.69, 9.17) is 9.26 Å². The molecule has 2 rings (SSSR count). The van der Waals surface area contributed by atoms with E-state index in [0.29, 0.717) is 0 Å². The Morgan fingerprint density at radius 3 is 2.88 bits per heavy atom. The Labute approximate surface area is 109 Å². The fourth-order valence-corrected chi connectivity index (χ4v) is 2.05. The Kier molecular flexibility index (Phi) is 3.84. The zero-order valence-electron chi connectivity index (χ0n) is 9.87. The predicted molar refractivity (Wildman–Crippen MR) is 70.2 cm³/mol. The Morgan fingerprint density at radius 1 is 1.35 bits per heavy atom. The van der Waals surface area contributed by atoms with E-state index in [1.165, 1.54) is 0 Å². The smallest absolute Gasteiger partial charge is 0.137 e. The largest absolute Gasteiger partial charge is 0.496 e. The van der Waals surface area contributed by atoms with Crippen LogP contribution in [0.3, 0.4) is 0 Å². The number of halogens is 1. The van der Waals surface area contributed by atoms with Crippen molar-refractivity contribution in [1.82, 2.24) is 5.16 Å². The number of aryl methyl sites for hydroxylation is 1. The van der Waals surface area contributed by atoms with Gasteiger partial charge in [-0.2, -0.15) is 0 Å². The number of nitrogens with zero attached hydrogens (tertiary/aromatic N) is 1. The molecular formula is C13H14BrNO2. The van der Waals surface area contributed by atoms with Gasteiger partial charge in [-0.25, -0.2) is 0 Å². The van der Waals surface area contributed by atoms with Gasteiger partial charge >= 0.3 is 0 Å². The molecular weight excluding hydrogens is 282 g/mol. The van der Waals surface area contributed by atoms with Crippen LogP contribution in [0, 0.1) is 0 Å². The molecule has 1 heterocycles. The molecule has 0 spiro atoms. The van der Waals surface area contributed by atoms with Crippen molar-refractivity contribution in [2.75, 3.05) is 7.11 Å². The summed E-state index contributed by atoms with van der Waals surface area (Å²) in [7, 11) is 1.65. The van der Waals surface area contributed by atoms with Gasteiger partial charge in [0.2, 0.25) is 0 Å². The van der Waals surface area contributed by atoms with Crippen LogP contribution in [0.15, 0.2) is 33.3 Å². The Balaban J connectivity index is 2.40. The van der Waals surface area contributed by atoms with E-state index in [1.807, 2.05) is 24.3 Å².